The molecule has 0 aliphatic carbocycles. The van der Waals surface area contributed by atoms with Crippen molar-refractivity contribution in [2.24, 2.45) is 0 Å². The van der Waals surface area contributed by atoms with Crippen molar-refractivity contribution in [2.75, 3.05) is 9.80 Å². The second-order valence-corrected chi connectivity index (χ2v) is 13.6. The Labute approximate surface area is 339 Å². The van der Waals surface area contributed by atoms with Gasteiger partial charge in [0.05, 0.1) is 11.0 Å². The van der Waals surface area contributed by atoms with Crippen LogP contribution in [0.25, 0.3) is 27.8 Å². The van der Waals surface area contributed by atoms with Gasteiger partial charge in [0.15, 0.2) is 0 Å². The molecule has 0 spiro atoms. The molecule has 0 fully saturated rings. The lowest BCUT2D eigenvalue weighted by atomic mass is 10.1. The SMILES string of the molecule is c1ccc(N(c2cccc(Oc3ccccn3)c2)c2ccc3c4ccc(N(c5ccccc5)c5cccc(Oc6ccccn6)c5)cc4n(-c4ncncn4)c3c2)cc1. The van der Waals surface area contributed by atoms with Crippen LogP contribution < -0.4 is 19.3 Å². The molecule has 4 aromatic heterocycles. The van der Waals surface area contributed by atoms with Gasteiger partial charge in [-0.05, 0) is 84.9 Å². The Morgan fingerprint density at radius 1 is 0.373 bits per heavy atom. The summed E-state index contributed by atoms with van der Waals surface area (Å²) in [6, 6.07) is 60.9. The molecule has 0 aliphatic heterocycles. The maximum absolute atomic E-state index is 6.18. The molecular formula is C49H34N8O2. The Morgan fingerprint density at radius 3 is 1.27 bits per heavy atom. The number of hydrogen-bond donors (Lipinski definition) is 0. The van der Waals surface area contributed by atoms with E-state index in [0.29, 0.717) is 29.2 Å². The minimum absolute atomic E-state index is 0.503. The van der Waals surface area contributed by atoms with E-state index in [1.807, 2.05) is 109 Å². The van der Waals surface area contributed by atoms with Gasteiger partial charge in [-0.3, -0.25) is 4.57 Å². The van der Waals surface area contributed by atoms with Crippen LogP contribution >= 0.6 is 0 Å². The molecule has 59 heavy (non-hydrogen) atoms. The number of fused-ring (bicyclic) bond motifs is 3. The molecule has 0 saturated carbocycles. The van der Waals surface area contributed by atoms with Gasteiger partial charge in [-0.15, -0.1) is 0 Å². The summed E-state index contributed by atoms with van der Waals surface area (Å²) in [5.74, 6) is 2.90. The maximum Gasteiger partial charge on any atom is 0.237 e. The first-order valence-corrected chi connectivity index (χ1v) is 19.0. The summed E-state index contributed by atoms with van der Waals surface area (Å²) in [5.41, 5.74) is 7.54. The van der Waals surface area contributed by atoms with Gasteiger partial charge in [0.1, 0.15) is 24.2 Å². The number of anilines is 6. The van der Waals surface area contributed by atoms with E-state index in [1.165, 1.54) is 12.7 Å². The second-order valence-electron chi connectivity index (χ2n) is 13.6. The number of nitrogens with zero attached hydrogens (tertiary/aromatic N) is 8. The third-order valence-corrected chi connectivity index (χ3v) is 9.83. The molecule has 0 unspecified atom stereocenters. The highest BCUT2D eigenvalue weighted by Gasteiger charge is 2.21. The molecular weight excluding hydrogens is 733 g/mol. The van der Waals surface area contributed by atoms with Crippen molar-refractivity contribution >= 4 is 55.9 Å². The van der Waals surface area contributed by atoms with Crippen molar-refractivity contribution in [3.05, 3.63) is 207 Å². The van der Waals surface area contributed by atoms with Crippen LogP contribution in [0.15, 0.2) is 207 Å². The molecule has 0 saturated heterocycles. The fourth-order valence-corrected chi connectivity index (χ4v) is 7.31. The summed E-state index contributed by atoms with van der Waals surface area (Å²) in [5, 5.41) is 2.10. The lowest BCUT2D eigenvalue weighted by molar-refractivity contribution is 0.463. The highest BCUT2D eigenvalue weighted by atomic mass is 16.5. The van der Waals surface area contributed by atoms with Crippen molar-refractivity contribution < 1.29 is 9.47 Å². The lowest BCUT2D eigenvalue weighted by Crippen LogP contribution is -2.10. The summed E-state index contributed by atoms with van der Waals surface area (Å²) in [4.78, 5) is 26.7. The largest absolute Gasteiger partial charge is 0.439 e. The molecule has 0 radical (unpaired) electrons. The molecule has 6 aromatic carbocycles. The first-order valence-electron chi connectivity index (χ1n) is 19.0. The standard InChI is InChI=1S/C49H34N8O2/c1-3-13-35(14-4-1)55(37-17-11-19-41(29-37)58-47-21-7-9-27-51-47)39-23-25-43-44-26-24-40(32-46(44)57(45(43)31-39)49-53-33-50-34-54-49)56(36-15-5-2-6-16-36)38-18-12-20-42(30-38)59-48-22-8-10-28-52-48/h1-34H. The summed E-state index contributed by atoms with van der Waals surface area (Å²) in [6.07, 6.45) is 6.49. The second kappa shape index (κ2) is 15.6. The quantitative estimate of drug-likeness (QED) is 0.127. The van der Waals surface area contributed by atoms with E-state index in [9.17, 15) is 0 Å². The van der Waals surface area contributed by atoms with Gasteiger partial charge in [-0.1, -0.05) is 72.8 Å². The molecule has 10 nitrogen and oxygen atoms in total. The Morgan fingerprint density at radius 2 is 0.814 bits per heavy atom. The van der Waals surface area contributed by atoms with Crippen LogP contribution in [0.4, 0.5) is 34.1 Å². The van der Waals surface area contributed by atoms with Gasteiger partial charge in [-0.25, -0.2) is 24.9 Å². The lowest BCUT2D eigenvalue weighted by Gasteiger charge is -2.26. The van der Waals surface area contributed by atoms with Crippen molar-refractivity contribution in [3.8, 4) is 29.2 Å². The number of pyridine rings is 2. The average Bonchev–Trinajstić information content (AvgIpc) is 3.61. The highest BCUT2D eigenvalue weighted by Crippen LogP contribution is 2.43. The maximum atomic E-state index is 6.18. The summed E-state index contributed by atoms with van der Waals surface area (Å²) in [7, 11) is 0. The zero-order valence-electron chi connectivity index (χ0n) is 31.5. The van der Waals surface area contributed by atoms with Crippen LogP contribution in [0.1, 0.15) is 0 Å². The van der Waals surface area contributed by atoms with Crippen molar-refractivity contribution in [1.82, 2.24) is 29.5 Å². The van der Waals surface area contributed by atoms with Crippen molar-refractivity contribution in [3.63, 3.8) is 0 Å². The Kier molecular flexibility index (Phi) is 9.30. The van der Waals surface area contributed by atoms with Gasteiger partial charge in [0, 0.05) is 81.6 Å². The monoisotopic (exact) mass is 766 g/mol. The highest BCUT2D eigenvalue weighted by molar-refractivity contribution is 6.11. The van der Waals surface area contributed by atoms with Crippen LogP contribution in [-0.4, -0.2) is 29.5 Å². The molecule has 282 valence electrons. The molecule has 0 amide bonds. The van der Waals surface area contributed by atoms with E-state index in [1.54, 1.807) is 12.4 Å². The molecule has 0 aliphatic rings. The normalized spacial score (nSPS) is 11.1. The summed E-state index contributed by atoms with van der Waals surface area (Å²) in [6.45, 7) is 0. The van der Waals surface area contributed by atoms with Gasteiger partial charge < -0.3 is 19.3 Å². The van der Waals surface area contributed by atoms with E-state index in [0.717, 1.165) is 55.9 Å². The van der Waals surface area contributed by atoms with Crippen LogP contribution in [-0.2, 0) is 0 Å². The Balaban J connectivity index is 1.13. The zero-order valence-corrected chi connectivity index (χ0v) is 31.5. The van der Waals surface area contributed by atoms with Crippen LogP contribution in [0.2, 0.25) is 0 Å². The minimum Gasteiger partial charge on any atom is -0.439 e. The third-order valence-electron chi connectivity index (χ3n) is 9.83. The third kappa shape index (κ3) is 7.13. The fourth-order valence-electron chi connectivity index (χ4n) is 7.31. The van der Waals surface area contributed by atoms with Gasteiger partial charge >= 0.3 is 0 Å². The van der Waals surface area contributed by atoms with Crippen molar-refractivity contribution in [2.45, 2.75) is 0 Å². The number of aromatic nitrogens is 6. The zero-order chi connectivity index (χ0) is 39.4. The number of rotatable bonds is 11. The number of para-hydroxylation sites is 2. The van der Waals surface area contributed by atoms with Crippen LogP contribution in [0.5, 0.6) is 23.3 Å². The smallest absolute Gasteiger partial charge is 0.237 e. The molecule has 0 bridgehead atoms. The van der Waals surface area contributed by atoms with E-state index in [4.69, 9.17) is 9.47 Å². The molecule has 4 heterocycles. The summed E-state index contributed by atoms with van der Waals surface area (Å²) < 4.78 is 14.5. The van der Waals surface area contributed by atoms with E-state index >= 15 is 0 Å². The number of ether oxygens (including phenoxy) is 2. The molecule has 0 N–H and O–H groups in total. The Bertz CT molecular complexity index is 2820. The summed E-state index contributed by atoms with van der Waals surface area (Å²) >= 11 is 0. The average molecular weight is 767 g/mol. The van der Waals surface area contributed by atoms with Crippen LogP contribution in [0, 0.1) is 0 Å². The van der Waals surface area contributed by atoms with E-state index in [2.05, 4.69) is 112 Å². The first-order chi connectivity index (χ1) is 29.2. The molecule has 0 atom stereocenters. The topological polar surface area (TPSA) is 94.3 Å². The van der Waals surface area contributed by atoms with Gasteiger partial charge in [0.2, 0.25) is 17.7 Å². The van der Waals surface area contributed by atoms with Crippen LogP contribution in [0.3, 0.4) is 0 Å². The van der Waals surface area contributed by atoms with Gasteiger partial charge in [0.25, 0.3) is 0 Å². The van der Waals surface area contributed by atoms with E-state index in [-0.39, 0.29) is 0 Å². The minimum atomic E-state index is 0.503. The predicted molar refractivity (Wildman–Crippen MR) is 232 cm³/mol. The fraction of sp³-hybridized carbons (Fsp3) is 0. The molecule has 10 rings (SSSR count). The molecule has 10 heteroatoms. The van der Waals surface area contributed by atoms with Crippen molar-refractivity contribution in [1.29, 1.82) is 0 Å². The molecule has 10 aromatic rings. The number of hydrogen-bond acceptors (Lipinski definition) is 9. The van der Waals surface area contributed by atoms with E-state index < -0.39 is 0 Å². The predicted octanol–water partition coefficient (Wildman–Crippen LogP) is 12.3. The first kappa shape index (κ1) is 35.1. The number of benzene rings is 6. The van der Waals surface area contributed by atoms with Gasteiger partial charge in [-0.2, -0.15) is 0 Å². The Hall–Kier alpha value is -8.37.